The number of aromatic nitrogens is 1. The van der Waals surface area contributed by atoms with Crippen LogP contribution in [0.4, 0.5) is 10.1 Å². The molecule has 2 aromatic carbocycles. The second-order valence-corrected chi connectivity index (χ2v) is 10.1. The van der Waals surface area contributed by atoms with Gasteiger partial charge in [0.05, 0.1) is 23.5 Å². The van der Waals surface area contributed by atoms with Gasteiger partial charge in [0.2, 0.25) is 0 Å². The SMILES string of the molecule is CNC(=O)c1c(-c2ccc(F)cc2)oc2cc(N(Cc3ccc(Br)cn3)S(=O)O)c(C3CC3)cc12. The number of nitrogens with one attached hydrogen (secondary N) is 1. The van der Waals surface area contributed by atoms with E-state index in [0.29, 0.717) is 39.2 Å². The fourth-order valence-electron chi connectivity index (χ4n) is 4.11. The van der Waals surface area contributed by atoms with Gasteiger partial charge < -0.3 is 9.73 Å². The molecule has 1 aliphatic rings. The van der Waals surface area contributed by atoms with Crippen LogP contribution in [0.3, 0.4) is 0 Å². The van der Waals surface area contributed by atoms with E-state index in [4.69, 9.17) is 4.42 Å². The molecule has 1 saturated carbocycles. The first kappa shape index (κ1) is 23.7. The molecule has 2 aromatic heterocycles. The zero-order valence-corrected chi connectivity index (χ0v) is 21.0. The third kappa shape index (κ3) is 4.73. The van der Waals surface area contributed by atoms with Crippen LogP contribution in [0.15, 0.2) is 63.6 Å². The van der Waals surface area contributed by atoms with Crippen molar-refractivity contribution in [3.05, 3.63) is 81.8 Å². The summed E-state index contributed by atoms with van der Waals surface area (Å²) in [6, 6.07) is 12.9. The van der Waals surface area contributed by atoms with Crippen molar-refractivity contribution in [3.63, 3.8) is 0 Å². The molecule has 0 radical (unpaired) electrons. The number of furan rings is 1. The molecular formula is C25H21BrFN3O4S. The predicted octanol–water partition coefficient (Wildman–Crippen LogP) is 5.78. The van der Waals surface area contributed by atoms with Crippen molar-refractivity contribution in [1.82, 2.24) is 10.3 Å². The lowest BCUT2D eigenvalue weighted by atomic mass is 10.0. The van der Waals surface area contributed by atoms with Crippen molar-refractivity contribution in [3.8, 4) is 11.3 Å². The monoisotopic (exact) mass is 557 g/mol. The average molecular weight is 558 g/mol. The summed E-state index contributed by atoms with van der Waals surface area (Å²) in [6.45, 7) is 0.107. The molecule has 1 fully saturated rings. The zero-order chi connectivity index (χ0) is 24.7. The maximum atomic E-state index is 13.5. The predicted molar refractivity (Wildman–Crippen MR) is 136 cm³/mol. The Kier molecular flexibility index (Phi) is 6.43. The van der Waals surface area contributed by atoms with E-state index in [9.17, 15) is 17.9 Å². The molecule has 0 spiro atoms. The summed E-state index contributed by atoms with van der Waals surface area (Å²) in [6.07, 6.45) is 3.52. The summed E-state index contributed by atoms with van der Waals surface area (Å²) in [5, 5.41) is 3.25. The van der Waals surface area contributed by atoms with Crippen molar-refractivity contribution >= 4 is 49.8 Å². The molecule has 2 heterocycles. The van der Waals surface area contributed by atoms with Gasteiger partial charge in [-0.1, -0.05) is 0 Å². The number of rotatable bonds is 7. The number of carbonyl (C=O) groups excluding carboxylic acids is 1. The fourth-order valence-corrected chi connectivity index (χ4v) is 4.92. The lowest BCUT2D eigenvalue weighted by Crippen LogP contribution is -2.26. The van der Waals surface area contributed by atoms with Crippen molar-refractivity contribution < 1.29 is 22.4 Å². The first-order chi connectivity index (χ1) is 16.9. The zero-order valence-electron chi connectivity index (χ0n) is 18.6. The number of anilines is 1. The normalized spacial score (nSPS) is 14.2. The second kappa shape index (κ2) is 9.52. The molecule has 1 unspecified atom stereocenters. The molecule has 0 aliphatic heterocycles. The third-order valence-electron chi connectivity index (χ3n) is 5.97. The molecule has 35 heavy (non-hydrogen) atoms. The van der Waals surface area contributed by atoms with E-state index in [1.165, 1.54) is 23.5 Å². The molecule has 4 aromatic rings. The fraction of sp³-hybridized carbons (Fsp3) is 0.200. The van der Waals surface area contributed by atoms with Gasteiger partial charge in [-0.2, -0.15) is 0 Å². The largest absolute Gasteiger partial charge is 0.455 e. The van der Waals surface area contributed by atoms with E-state index in [1.54, 1.807) is 30.5 Å². The Labute approximate surface area is 211 Å². The minimum absolute atomic E-state index is 0.107. The van der Waals surface area contributed by atoms with Gasteiger partial charge in [-0.3, -0.25) is 18.6 Å². The van der Waals surface area contributed by atoms with Gasteiger partial charge in [0.15, 0.2) is 0 Å². The van der Waals surface area contributed by atoms with E-state index in [1.807, 2.05) is 12.1 Å². The Hall–Kier alpha value is -3.08. The maximum absolute atomic E-state index is 13.5. The second-order valence-electron chi connectivity index (χ2n) is 8.31. The molecule has 1 aliphatic carbocycles. The van der Waals surface area contributed by atoms with Crippen LogP contribution >= 0.6 is 15.9 Å². The summed E-state index contributed by atoms with van der Waals surface area (Å²) < 4.78 is 44.5. The van der Waals surface area contributed by atoms with E-state index in [0.717, 1.165) is 22.9 Å². The number of hydrogen-bond acceptors (Lipinski definition) is 4. The molecule has 180 valence electrons. The molecular weight excluding hydrogens is 537 g/mol. The van der Waals surface area contributed by atoms with Gasteiger partial charge in [-0.15, -0.1) is 0 Å². The van der Waals surface area contributed by atoms with Gasteiger partial charge in [-0.05, 0) is 82.7 Å². The Bertz CT molecular complexity index is 1440. The van der Waals surface area contributed by atoms with Crippen LogP contribution in [0.1, 0.15) is 40.4 Å². The van der Waals surface area contributed by atoms with Gasteiger partial charge in [-0.25, -0.2) is 8.60 Å². The van der Waals surface area contributed by atoms with Crippen molar-refractivity contribution in [2.75, 3.05) is 11.4 Å². The lowest BCUT2D eigenvalue weighted by molar-refractivity contribution is 0.0964. The summed E-state index contributed by atoms with van der Waals surface area (Å²) in [7, 11) is 1.54. The van der Waals surface area contributed by atoms with Crippen LogP contribution in [0.2, 0.25) is 0 Å². The number of amides is 1. The van der Waals surface area contributed by atoms with Crippen LogP contribution in [0.25, 0.3) is 22.3 Å². The molecule has 2 N–H and O–H groups in total. The number of benzene rings is 2. The minimum atomic E-state index is -2.33. The van der Waals surface area contributed by atoms with E-state index in [2.05, 4.69) is 26.2 Å². The molecule has 1 atom stereocenters. The maximum Gasteiger partial charge on any atom is 0.262 e. The number of fused-ring (bicyclic) bond motifs is 1. The topological polar surface area (TPSA) is 95.7 Å². The Balaban J connectivity index is 1.69. The van der Waals surface area contributed by atoms with E-state index in [-0.39, 0.29) is 18.4 Å². The number of halogens is 2. The Morgan fingerprint density at radius 1 is 1.26 bits per heavy atom. The number of carbonyl (C=O) groups is 1. The van der Waals surface area contributed by atoms with Crippen LogP contribution in [0, 0.1) is 5.82 Å². The summed E-state index contributed by atoms with van der Waals surface area (Å²) in [5.74, 6) is -0.212. The number of nitrogens with zero attached hydrogens (tertiary/aromatic N) is 2. The molecule has 5 rings (SSSR count). The molecule has 0 bridgehead atoms. The van der Waals surface area contributed by atoms with E-state index < -0.39 is 17.1 Å². The smallest absolute Gasteiger partial charge is 0.262 e. The van der Waals surface area contributed by atoms with Crippen molar-refractivity contribution in [2.24, 2.45) is 0 Å². The summed E-state index contributed by atoms with van der Waals surface area (Å²) in [5.41, 5.74) is 3.32. The lowest BCUT2D eigenvalue weighted by Gasteiger charge is -2.23. The van der Waals surface area contributed by atoms with Gasteiger partial charge in [0.25, 0.3) is 17.2 Å². The van der Waals surface area contributed by atoms with Crippen LogP contribution in [0.5, 0.6) is 0 Å². The Morgan fingerprint density at radius 2 is 2.00 bits per heavy atom. The quantitative estimate of drug-likeness (QED) is 0.281. The molecule has 7 nitrogen and oxygen atoms in total. The third-order valence-corrected chi connectivity index (χ3v) is 7.14. The first-order valence-electron chi connectivity index (χ1n) is 10.9. The first-order valence-corrected chi connectivity index (χ1v) is 12.8. The van der Waals surface area contributed by atoms with Crippen molar-refractivity contribution in [2.45, 2.75) is 25.3 Å². The minimum Gasteiger partial charge on any atom is -0.455 e. The molecule has 10 heteroatoms. The standard InChI is InChI=1S/C25H21BrFN3O4S/c1-28-25(31)23-20-10-19(14-2-3-14)21(30(35(32)33)13-18-9-6-16(26)12-29-18)11-22(20)34-24(23)15-4-7-17(27)8-5-15/h4-12,14H,2-3,13H2,1H3,(H,28,31)(H,32,33). The summed E-state index contributed by atoms with van der Waals surface area (Å²) >= 11 is 1.02. The van der Waals surface area contributed by atoms with E-state index >= 15 is 0 Å². The van der Waals surface area contributed by atoms with Gasteiger partial charge in [0.1, 0.15) is 17.2 Å². The molecule has 0 saturated heterocycles. The molecule has 1 amide bonds. The summed E-state index contributed by atoms with van der Waals surface area (Å²) in [4.78, 5) is 17.2. The van der Waals surface area contributed by atoms with Crippen LogP contribution in [-0.4, -0.2) is 26.7 Å². The van der Waals surface area contributed by atoms with Gasteiger partial charge in [0, 0.05) is 34.7 Å². The van der Waals surface area contributed by atoms with Crippen LogP contribution < -0.4 is 9.62 Å². The van der Waals surface area contributed by atoms with Crippen LogP contribution in [-0.2, 0) is 17.8 Å². The Morgan fingerprint density at radius 3 is 2.60 bits per heavy atom. The van der Waals surface area contributed by atoms with Crippen molar-refractivity contribution in [1.29, 1.82) is 0 Å². The number of hydrogen-bond donors (Lipinski definition) is 2. The highest BCUT2D eigenvalue weighted by atomic mass is 79.9. The highest BCUT2D eigenvalue weighted by Gasteiger charge is 2.32. The average Bonchev–Trinajstić information content (AvgIpc) is 3.63. The highest BCUT2D eigenvalue weighted by Crippen LogP contribution is 2.48. The van der Waals surface area contributed by atoms with Gasteiger partial charge >= 0.3 is 0 Å². The highest BCUT2D eigenvalue weighted by molar-refractivity contribution is 9.10. The number of pyridine rings is 1.